The summed E-state index contributed by atoms with van der Waals surface area (Å²) in [4.78, 5) is 0. The molecule has 0 atom stereocenters. The number of anilines is 3. The molecule has 20 heavy (non-hydrogen) atoms. The van der Waals surface area contributed by atoms with E-state index in [9.17, 15) is 13.2 Å². The minimum atomic E-state index is -4.48. The lowest BCUT2D eigenvalue weighted by molar-refractivity contribution is -0.136. The lowest BCUT2D eigenvalue weighted by Crippen LogP contribution is -2.09. The van der Waals surface area contributed by atoms with Crippen molar-refractivity contribution in [2.75, 3.05) is 11.1 Å². The predicted molar refractivity (Wildman–Crippen MR) is 81.0 cm³/mol. The number of halogens is 5. The molecule has 0 fully saturated rings. The highest BCUT2D eigenvalue weighted by Crippen LogP contribution is 2.38. The molecule has 0 aliphatic heterocycles. The Balaban J connectivity index is 2.46. The van der Waals surface area contributed by atoms with E-state index in [2.05, 4.69) is 37.2 Å². The minimum Gasteiger partial charge on any atom is -0.399 e. The average molecular weight is 410 g/mol. The van der Waals surface area contributed by atoms with Crippen molar-refractivity contribution < 1.29 is 13.2 Å². The van der Waals surface area contributed by atoms with E-state index in [0.717, 1.165) is 10.5 Å². The molecule has 0 heterocycles. The molecule has 2 aromatic rings. The Morgan fingerprint density at radius 1 is 0.950 bits per heavy atom. The van der Waals surface area contributed by atoms with E-state index >= 15 is 0 Å². The van der Waals surface area contributed by atoms with E-state index in [-0.39, 0.29) is 11.4 Å². The van der Waals surface area contributed by atoms with Gasteiger partial charge in [-0.3, -0.25) is 0 Å². The second-order valence-corrected chi connectivity index (χ2v) is 5.82. The summed E-state index contributed by atoms with van der Waals surface area (Å²) < 4.78 is 40.4. The molecule has 0 radical (unpaired) electrons. The van der Waals surface area contributed by atoms with Crippen LogP contribution in [0.1, 0.15) is 5.56 Å². The summed E-state index contributed by atoms with van der Waals surface area (Å²) in [5.41, 5.74) is 5.16. The number of rotatable bonds is 2. The highest BCUT2D eigenvalue weighted by molar-refractivity contribution is 9.11. The van der Waals surface area contributed by atoms with Crippen LogP contribution in [0.15, 0.2) is 45.3 Å². The SMILES string of the molecule is Nc1ccc(Nc2cc(Br)ccc2Br)c(C(F)(F)F)c1. The molecule has 0 unspecified atom stereocenters. The summed E-state index contributed by atoms with van der Waals surface area (Å²) in [6.07, 6.45) is -4.48. The van der Waals surface area contributed by atoms with Crippen LogP contribution >= 0.6 is 31.9 Å². The summed E-state index contributed by atoms with van der Waals surface area (Å²) in [5, 5.41) is 2.76. The Hall–Kier alpha value is -1.21. The fourth-order valence-electron chi connectivity index (χ4n) is 1.64. The van der Waals surface area contributed by atoms with Crippen LogP contribution in [0, 0.1) is 0 Å². The molecule has 0 amide bonds. The van der Waals surface area contributed by atoms with Crippen LogP contribution in [-0.4, -0.2) is 0 Å². The lowest BCUT2D eigenvalue weighted by atomic mass is 10.1. The minimum absolute atomic E-state index is 0.0505. The number of benzene rings is 2. The highest BCUT2D eigenvalue weighted by atomic mass is 79.9. The molecule has 0 aromatic heterocycles. The molecular weight excluding hydrogens is 401 g/mol. The number of nitrogens with one attached hydrogen (secondary N) is 1. The maximum atomic E-state index is 13.0. The van der Waals surface area contributed by atoms with Gasteiger partial charge in [-0.2, -0.15) is 13.2 Å². The third kappa shape index (κ3) is 3.46. The van der Waals surface area contributed by atoms with Crippen LogP contribution in [0.5, 0.6) is 0 Å². The van der Waals surface area contributed by atoms with Gasteiger partial charge < -0.3 is 11.1 Å². The second-order valence-electron chi connectivity index (χ2n) is 4.05. The zero-order valence-corrected chi connectivity index (χ0v) is 13.1. The van der Waals surface area contributed by atoms with Crippen LogP contribution in [0.2, 0.25) is 0 Å². The predicted octanol–water partition coefficient (Wildman–Crippen LogP) is 5.56. The first-order chi connectivity index (χ1) is 9.27. The molecule has 0 bridgehead atoms. The largest absolute Gasteiger partial charge is 0.418 e. The van der Waals surface area contributed by atoms with Crippen molar-refractivity contribution in [3.05, 3.63) is 50.9 Å². The van der Waals surface area contributed by atoms with Crippen molar-refractivity contribution in [1.82, 2.24) is 0 Å². The van der Waals surface area contributed by atoms with Gasteiger partial charge in [-0.1, -0.05) is 15.9 Å². The van der Waals surface area contributed by atoms with Gasteiger partial charge in [0, 0.05) is 14.6 Å². The number of hydrogen-bond acceptors (Lipinski definition) is 2. The normalized spacial score (nSPS) is 11.4. The zero-order chi connectivity index (χ0) is 14.9. The van der Waals surface area contributed by atoms with Crippen molar-refractivity contribution in [1.29, 1.82) is 0 Å². The Morgan fingerprint density at radius 2 is 1.65 bits per heavy atom. The van der Waals surface area contributed by atoms with Gasteiger partial charge in [-0.05, 0) is 52.3 Å². The monoisotopic (exact) mass is 408 g/mol. The maximum Gasteiger partial charge on any atom is 0.418 e. The molecule has 2 aromatic carbocycles. The van der Waals surface area contributed by atoms with Crippen molar-refractivity contribution in [2.24, 2.45) is 0 Å². The number of hydrogen-bond donors (Lipinski definition) is 2. The zero-order valence-electron chi connectivity index (χ0n) is 9.93. The van der Waals surface area contributed by atoms with Crippen molar-refractivity contribution in [2.45, 2.75) is 6.18 Å². The van der Waals surface area contributed by atoms with Gasteiger partial charge in [0.25, 0.3) is 0 Å². The second kappa shape index (κ2) is 5.65. The molecule has 0 saturated heterocycles. The van der Waals surface area contributed by atoms with Crippen molar-refractivity contribution in [3.8, 4) is 0 Å². The summed E-state index contributed by atoms with van der Waals surface area (Å²) in [7, 11) is 0. The Morgan fingerprint density at radius 3 is 2.30 bits per heavy atom. The molecule has 0 spiro atoms. The van der Waals surface area contributed by atoms with Crippen LogP contribution in [0.4, 0.5) is 30.2 Å². The van der Waals surface area contributed by atoms with Gasteiger partial charge in [0.2, 0.25) is 0 Å². The topological polar surface area (TPSA) is 38.0 Å². The summed E-state index contributed by atoms with van der Waals surface area (Å²) in [5.74, 6) is 0. The molecule has 0 aliphatic carbocycles. The molecule has 0 saturated carbocycles. The molecule has 7 heteroatoms. The van der Waals surface area contributed by atoms with E-state index in [1.54, 1.807) is 18.2 Å². The number of alkyl halides is 3. The lowest BCUT2D eigenvalue weighted by Gasteiger charge is -2.16. The summed E-state index contributed by atoms with van der Waals surface area (Å²) >= 11 is 6.56. The fourth-order valence-corrected chi connectivity index (χ4v) is 2.35. The van der Waals surface area contributed by atoms with Gasteiger partial charge in [-0.15, -0.1) is 0 Å². The van der Waals surface area contributed by atoms with Gasteiger partial charge in [0.15, 0.2) is 0 Å². The fraction of sp³-hybridized carbons (Fsp3) is 0.0769. The van der Waals surface area contributed by atoms with Crippen LogP contribution < -0.4 is 11.1 Å². The quantitative estimate of drug-likeness (QED) is 0.637. The Bertz CT molecular complexity index is 642. The van der Waals surface area contributed by atoms with E-state index < -0.39 is 11.7 Å². The molecular formula is C13H9Br2F3N2. The summed E-state index contributed by atoms with van der Waals surface area (Å²) in [6.45, 7) is 0. The van der Waals surface area contributed by atoms with Gasteiger partial charge in [0.05, 0.1) is 16.9 Å². The van der Waals surface area contributed by atoms with Crippen LogP contribution in [0.3, 0.4) is 0 Å². The molecule has 106 valence electrons. The van der Waals surface area contributed by atoms with Crippen molar-refractivity contribution in [3.63, 3.8) is 0 Å². The van der Waals surface area contributed by atoms with Gasteiger partial charge >= 0.3 is 6.18 Å². The Kier molecular flexibility index (Phi) is 4.29. The first-order valence-electron chi connectivity index (χ1n) is 5.46. The Labute approximate surface area is 130 Å². The number of nitrogens with two attached hydrogens (primary N) is 1. The summed E-state index contributed by atoms with van der Waals surface area (Å²) in [6, 6.07) is 8.84. The third-order valence-corrected chi connectivity index (χ3v) is 3.73. The highest BCUT2D eigenvalue weighted by Gasteiger charge is 2.33. The van der Waals surface area contributed by atoms with Crippen LogP contribution in [0.25, 0.3) is 0 Å². The van der Waals surface area contributed by atoms with E-state index in [1.165, 1.54) is 12.1 Å². The smallest absolute Gasteiger partial charge is 0.399 e. The van der Waals surface area contributed by atoms with Crippen molar-refractivity contribution >= 4 is 48.9 Å². The molecule has 3 N–H and O–H groups in total. The van der Waals surface area contributed by atoms with Crippen LogP contribution in [-0.2, 0) is 6.18 Å². The maximum absolute atomic E-state index is 13.0. The number of nitrogen functional groups attached to an aromatic ring is 1. The third-order valence-electron chi connectivity index (χ3n) is 2.55. The molecule has 2 nitrogen and oxygen atoms in total. The van der Waals surface area contributed by atoms with E-state index in [4.69, 9.17) is 5.73 Å². The van der Waals surface area contributed by atoms with Gasteiger partial charge in [0.1, 0.15) is 0 Å². The first-order valence-corrected chi connectivity index (χ1v) is 7.05. The molecule has 0 aliphatic rings. The first kappa shape index (κ1) is 15.2. The van der Waals surface area contributed by atoms with E-state index in [0.29, 0.717) is 10.2 Å². The standard InChI is InChI=1S/C13H9Br2F3N2/c14-7-1-3-10(15)12(5-7)20-11-4-2-8(19)6-9(11)13(16,17)18/h1-6,20H,19H2. The van der Waals surface area contributed by atoms with Gasteiger partial charge in [-0.25, -0.2) is 0 Å². The van der Waals surface area contributed by atoms with E-state index in [1.807, 2.05) is 0 Å². The average Bonchev–Trinajstić information content (AvgIpc) is 2.34. The molecule has 2 rings (SSSR count).